The molecule has 0 unspecified atom stereocenters. The Kier molecular flexibility index (Phi) is 7.43. The van der Waals surface area contributed by atoms with Crippen molar-refractivity contribution >= 4 is 34.9 Å². The number of rotatable bonds is 9. The average Bonchev–Trinajstić information content (AvgIpc) is 3.63. The van der Waals surface area contributed by atoms with Gasteiger partial charge in [0.1, 0.15) is 28.6 Å². The number of aromatic nitrogens is 3. The Balaban J connectivity index is 1.19. The van der Waals surface area contributed by atoms with Crippen molar-refractivity contribution in [2.24, 2.45) is 0 Å². The van der Waals surface area contributed by atoms with Gasteiger partial charge in [0.15, 0.2) is 0 Å². The highest BCUT2D eigenvalue weighted by atomic mass is 19.1. The van der Waals surface area contributed by atoms with E-state index in [0.29, 0.717) is 24.0 Å². The molecule has 2 heterocycles. The predicted molar refractivity (Wildman–Crippen MR) is 162 cm³/mol. The van der Waals surface area contributed by atoms with Gasteiger partial charge >= 0.3 is 5.97 Å². The lowest BCUT2D eigenvalue weighted by atomic mass is 9.98. The van der Waals surface area contributed by atoms with Crippen LogP contribution >= 0.6 is 0 Å². The molecule has 1 aliphatic carbocycles. The third-order valence-electron chi connectivity index (χ3n) is 8.12. The van der Waals surface area contributed by atoms with Crippen LogP contribution in [0.5, 0.6) is 5.88 Å². The number of nitrogens with zero attached hydrogens (tertiary/aromatic N) is 3. The van der Waals surface area contributed by atoms with Gasteiger partial charge < -0.3 is 31.9 Å². The second-order valence-corrected chi connectivity index (χ2v) is 10.9. The largest absolute Gasteiger partial charge is 0.493 e. The number of imidazole rings is 1. The van der Waals surface area contributed by atoms with Gasteiger partial charge in [-0.05, 0) is 66.3 Å². The number of carbonyl (C=O) groups is 3. The molecule has 14 nitrogen and oxygen atoms in total. The molecule has 1 atom stereocenters. The van der Waals surface area contributed by atoms with E-state index >= 15 is 0 Å². The maximum Gasteiger partial charge on any atom is 0.335 e. The van der Waals surface area contributed by atoms with Crippen LogP contribution in [0, 0.1) is 12.7 Å². The summed E-state index contributed by atoms with van der Waals surface area (Å²) in [5.41, 5.74) is 6.50. The Labute approximate surface area is 258 Å². The number of carbonyl (C=O) groups excluding carboxylic acids is 2. The highest BCUT2D eigenvalue weighted by molar-refractivity contribution is 5.98. The molecule has 0 saturated heterocycles. The molecule has 0 fully saturated rings. The lowest BCUT2D eigenvalue weighted by molar-refractivity contribution is 0.0695. The van der Waals surface area contributed by atoms with Crippen molar-refractivity contribution in [1.29, 1.82) is 0 Å². The predicted octanol–water partition coefficient (Wildman–Crippen LogP) is 1.72. The quantitative estimate of drug-likeness (QED) is 0.129. The zero-order chi connectivity index (χ0) is 32.9. The number of halogens is 1. The minimum atomic E-state index is -1.03. The molecule has 3 aromatic carbocycles. The van der Waals surface area contributed by atoms with Crippen molar-refractivity contribution in [3.05, 3.63) is 114 Å². The molecule has 46 heavy (non-hydrogen) atoms. The van der Waals surface area contributed by atoms with Crippen molar-refractivity contribution in [3.8, 4) is 5.88 Å². The zero-order valence-corrected chi connectivity index (χ0v) is 24.2. The number of aromatic hydroxyl groups is 1. The van der Waals surface area contributed by atoms with Gasteiger partial charge in [0, 0.05) is 18.7 Å². The number of nitrogens with two attached hydrogens (primary N) is 1. The molecule has 0 radical (unpaired) electrons. The lowest BCUT2D eigenvalue weighted by Crippen LogP contribution is -2.37. The number of nitrogens with one attached hydrogen (secondary N) is 3. The fourth-order valence-electron chi connectivity index (χ4n) is 5.67. The van der Waals surface area contributed by atoms with Crippen LogP contribution in [0.25, 0.3) is 5.78 Å². The summed E-state index contributed by atoms with van der Waals surface area (Å²) in [6, 6.07) is 8.06. The molecule has 7 N–H and O–H groups in total. The van der Waals surface area contributed by atoms with Crippen molar-refractivity contribution in [2.45, 2.75) is 38.9 Å². The summed E-state index contributed by atoms with van der Waals surface area (Å²) < 4.78 is 15.5. The van der Waals surface area contributed by atoms with Gasteiger partial charge in [-0.25, -0.2) is 23.6 Å². The fourth-order valence-corrected chi connectivity index (χ4v) is 5.67. The average molecular weight is 628 g/mol. The smallest absolute Gasteiger partial charge is 0.335 e. The third-order valence-corrected chi connectivity index (χ3v) is 8.12. The first-order valence-corrected chi connectivity index (χ1v) is 14.1. The number of fused-ring (bicyclic) bond motifs is 2. The van der Waals surface area contributed by atoms with Crippen LogP contribution in [0.3, 0.4) is 0 Å². The maximum atomic E-state index is 14.4. The Morgan fingerprint density at radius 2 is 1.87 bits per heavy atom. The van der Waals surface area contributed by atoms with E-state index in [0.717, 1.165) is 21.7 Å². The molecule has 1 aliphatic rings. The van der Waals surface area contributed by atoms with Crippen LogP contribution in [0.1, 0.15) is 71.6 Å². The molecular weight excluding hydrogens is 601 g/mol. The summed E-state index contributed by atoms with van der Waals surface area (Å²) in [4.78, 5) is 69.3. The number of benzene rings is 2. The number of carboxylic acid groups (broad SMARTS) is 1. The van der Waals surface area contributed by atoms with Crippen molar-refractivity contribution in [1.82, 2.24) is 25.0 Å². The summed E-state index contributed by atoms with van der Waals surface area (Å²) in [6.45, 7) is 1.54. The highest BCUT2D eigenvalue weighted by Crippen LogP contribution is 2.35. The maximum absolute atomic E-state index is 14.4. The summed E-state index contributed by atoms with van der Waals surface area (Å²) in [5, 5.41) is 28.1. The molecule has 234 valence electrons. The molecule has 2 aromatic heterocycles. The third kappa shape index (κ3) is 5.16. The van der Waals surface area contributed by atoms with Gasteiger partial charge in [0.05, 0.1) is 17.8 Å². The van der Waals surface area contributed by atoms with Crippen molar-refractivity contribution in [2.75, 3.05) is 11.1 Å². The van der Waals surface area contributed by atoms with Crippen LogP contribution < -0.4 is 32.5 Å². The molecule has 0 aliphatic heterocycles. The second-order valence-electron chi connectivity index (χ2n) is 10.9. The number of hydrogen-bond donors (Lipinski definition) is 6. The normalized spacial score (nSPS) is 13.9. The number of amides is 2. The van der Waals surface area contributed by atoms with E-state index in [-0.39, 0.29) is 58.6 Å². The summed E-state index contributed by atoms with van der Waals surface area (Å²) in [6.07, 6.45) is 2.18. The zero-order valence-electron chi connectivity index (χ0n) is 24.2. The first kappa shape index (κ1) is 29.9. The highest BCUT2D eigenvalue weighted by Gasteiger charge is 2.29. The molecule has 2 amide bonds. The van der Waals surface area contributed by atoms with Crippen LogP contribution in [0.2, 0.25) is 0 Å². The second kappa shape index (κ2) is 11.4. The first-order valence-electron chi connectivity index (χ1n) is 14.1. The van der Waals surface area contributed by atoms with E-state index in [1.54, 1.807) is 13.0 Å². The van der Waals surface area contributed by atoms with E-state index in [9.17, 15) is 38.6 Å². The lowest BCUT2D eigenvalue weighted by Gasteiger charge is -2.16. The Hall–Kier alpha value is -6.12. The van der Waals surface area contributed by atoms with Gasteiger partial charge in [-0.2, -0.15) is 0 Å². The summed E-state index contributed by atoms with van der Waals surface area (Å²) in [7, 11) is 0. The first-order chi connectivity index (χ1) is 21.9. The van der Waals surface area contributed by atoms with E-state index in [1.165, 1.54) is 30.3 Å². The standard InChI is InChI=1S/C31H26FN7O7/c1-13-16-5-7-20(18(16)4-3-17(13)30(45)46)37-29(44)22-9-21(38-31-36-12-23(40)39(22)31)28(43)35-10-14-2-6-19(32)15(8-14)11-34-25-24(33)26(41)27(25)42/h2-4,6,8-9,12,20,34,40H,5,7,10-11,33H2,1H3,(H,35,43)(H,37,44)(H,45,46)/t20-/m0/s1. The number of hydrogen-bond acceptors (Lipinski definition) is 10. The minimum absolute atomic E-state index is 0.0566. The van der Waals surface area contributed by atoms with Gasteiger partial charge in [-0.3, -0.25) is 19.2 Å². The van der Waals surface area contributed by atoms with E-state index < -0.39 is 40.5 Å². The van der Waals surface area contributed by atoms with Crippen molar-refractivity contribution in [3.63, 3.8) is 0 Å². The fraction of sp³-hybridized carbons (Fsp3) is 0.194. The molecule has 6 rings (SSSR count). The molecular formula is C31H26FN7O7. The van der Waals surface area contributed by atoms with Gasteiger partial charge in [-0.1, -0.05) is 12.1 Å². The van der Waals surface area contributed by atoms with E-state index in [2.05, 4.69) is 25.9 Å². The van der Waals surface area contributed by atoms with E-state index in [1.807, 2.05) is 0 Å². The molecule has 5 aromatic rings. The van der Waals surface area contributed by atoms with Gasteiger partial charge in [0.25, 0.3) is 22.7 Å². The van der Waals surface area contributed by atoms with E-state index in [4.69, 9.17) is 5.73 Å². The van der Waals surface area contributed by atoms with Gasteiger partial charge in [-0.15, -0.1) is 0 Å². The van der Waals surface area contributed by atoms with Crippen LogP contribution in [0.4, 0.5) is 15.8 Å². The van der Waals surface area contributed by atoms with Crippen LogP contribution in [-0.2, 0) is 19.5 Å². The Bertz CT molecular complexity index is 2170. The van der Waals surface area contributed by atoms with Crippen LogP contribution in [-0.4, -0.2) is 42.4 Å². The summed E-state index contributed by atoms with van der Waals surface area (Å²) >= 11 is 0. The molecule has 15 heteroatoms. The van der Waals surface area contributed by atoms with Crippen molar-refractivity contribution < 1.29 is 29.0 Å². The molecule has 0 spiro atoms. The Morgan fingerprint density at radius 1 is 1.09 bits per heavy atom. The van der Waals surface area contributed by atoms with Gasteiger partial charge in [0.2, 0.25) is 11.7 Å². The monoisotopic (exact) mass is 627 g/mol. The Morgan fingerprint density at radius 3 is 2.61 bits per heavy atom. The van der Waals surface area contributed by atoms with Crippen LogP contribution in [0.15, 0.2) is 52.2 Å². The molecule has 0 saturated carbocycles. The topological polar surface area (TPSA) is 218 Å². The number of carboxylic acids is 1. The summed E-state index contributed by atoms with van der Waals surface area (Å²) in [5.74, 6) is -3.38. The number of nitrogen functional groups attached to an aromatic ring is 1. The minimum Gasteiger partial charge on any atom is -0.493 e. The SMILES string of the molecule is Cc1c(C(=O)O)ccc2c1CC[C@@H]2NC(=O)c1cc(C(=O)NCc2ccc(F)c(CNc3c(N)c(=O)c3=O)c2)nc2ncc(O)n12. The number of aromatic carboxylic acids is 1. The number of anilines is 2. The molecule has 0 bridgehead atoms.